The van der Waals surface area contributed by atoms with E-state index in [2.05, 4.69) is 48.6 Å². The Morgan fingerprint density at radius 1 is 1.11 bits per heavy atom. The molecule has 3 aromatic rings. The molecule has 35 heavy (non-hydrogen) atoms. The molecule has 0 aliphatic heterocycles. The molecule has 0 radical (unpaired) electrons. The molecular weight excluding hydrogens is 627 g/mol. The number of halogens is 2. The van der Waals surface area contributed by atoms with Gasteiger partial charge in [-0.2, -0.15) is 5.26 Å². The first kappa shape index (κ1) is 26.2. The highest BCUT2D eigenvalue weighted by Gasteiger charge is 2.15. The minimum absolute atomic E-state index is 0.0956. The molecule has 0 aliphatic carbocycles. The number of methoxy groups -OCH3 is 2. The Morgan fingerprint density at radius 3 is 2.46 bits per heavy atom. The molecule has 9 heteroatoms. The number of amides is 1. The van der Waals surface area contributed by atoms with Gasteiger partial charge >= 0.3 is 5.97 Å². The van der Waals surface area contributed by atoms with Crippen LogP contribution in [-0.2, 0) is 16.1 Å². The van der Waals surface area contributed by atoms with E-state index in [4.69, 9.17) is 9.47 Å². The van der Waals surface area contributed by atoms with Crippen LogP contribution >= 0.6 is 38.5 Å². The summed E-state index contributed by atoms with van der Waals surface area (Å²) in [5.74, 6) is -0.0182. The van der Waals surface area contributed by atoms with E-state index in [-0.39, 0.29) is 5.57 Å². The largest absolute Gasteiger partial charge is 0.493 e. The van der Waals surface area contributed by atoms with Crippen molar-refractivity contribution in [2.45, 2.75) is 6.61 Å². The van der Waals surface area contributed by atoms with Gasteiger partial charge in [-0.15, -0.1) is 0 Å². The summed E-state index contributed by atoms with van der Waals surface area (Å²) in [4.78, 5) is 24.2. The average molecular weight is 647 g/mol. The Morgan fingerprint density at radius 2 is 1.83 bits per heavy atom. The molecule has 3 rings (SSSR count). The molecule has 0 spiro atoms. The number of benzene rings is 3. The van der Waals surface area contributed by atoms with E-state index in [9.17, 15) is 14.9 Å². The SMILES string of the molecule is COC(=O)c1ccc(NC(=O)/C(C#N)=C/c2cc(I)c(OCc3ccccc3Br)c(OC)c2)cc1. The molecule has 0 fully saturated rings. The molecular formula is C26H20BrIN2O5. The number of carbonyl (C=O) groups is 2. The van der Waals surface area contributed by atoms with E-state index < -0.39 is 11.9 Å². The minimum atomic E-state index is -0.582. The van der Waals surface area contributed by atoms with Gasteiger partial charge in [0.1, 0.15) is 18.2 Å². The number of hydrogen-bond acceptors (Lipinski definition) is 6. The minimum Gasteiger partial charge on any atom is -0.493 e. The monoisotopic (exact) mass is 646 g/mol. The van der Waals surface area contributed by atoms with Gasteiger partial charge in [0.15, 0.2) is 11.5 Å². The summed E-state index contributed by atoms with van der Waals surface area (Å²) >= 11 is 5.64. The number of ether oxygens (including phenoxy) is 3. The highest BCUT2D eigenvalue weighted by Crippen LogP contribution is 2.35. The zero-order valence-electron chi connectivity index (χ0n) is 18.8. The van der Waals surface area contributed by atoms with Crippen LogP contribution in [0.4, 0.5) is 5.69 Å². The summed E-state index contributed by atoms with van der Waals surface area (Å²) in [5.41, 5.74) is 2.28. The quantitative estimate of drug-likeness (QED) is 0.140. The number of anilines is 1. The fourth-order valence-corrected chi connectivity index (χ4v) is 4.23. The number of rotatable bonds is 8. The zero-order valence-corrected chi connectivity index (χ0v) is 22.5. The molecule has 0 saturated heterocycles. The molecule has 0 bridgehead atoms. The summed E-state index contributed by atoms with van der Waals surface area (Å²) in [5, 5.41) is 12.2. The number of carbonyl (C=O) groups excluding carboxylic acids is 2. The number of nitrogens with zero attached hydrogens (tertiary/aromatic N) is 1. The van der Waals surface area contributed by atoms with E-state index in [0.717, 1.165) is 13.6 Å². The smallest absolute Gasteiger partial charge is 0.337 e. The van der Waals surface area contributed by atoms with E-state index in [1.54, 1.807) is 24.3 Å². The standard InChI is InChI=1S/C26H20BrIN2O5/c1-33-23-13-16(12-22(28)24(23)35-15-18-5-3-4-6-21(18)27)11-19(14-29)25(31)30-20-9-7-17(8-10-20)26(32)34-2/h3-13H,15H2,1-2H3,(H,30,31)/b19-11+. The Bertz CT molecular complexity index is 1320. The molecule has 7 nitrogen and oxygen atoms in total. The third-order valence-electron chi connectivity index (χ3n) is 4.82. The lowest BCUT2D eigenvalue weighted by molar-refractivity contribution is -0.112. The van der Waals surface area contributed by atoms with Gasteiger partial charge in [-0.25, -0.2) is 4.79 Å². The number of esters is 1. The van der Waals surface area contributed by atoms with Crippen LogP contribution in [0.3, 0.4) is 0 Å². The second kappa shape index (κ2) is 12.4. The van der Waals surface area contributed by atoms with Crippen LogP contribution in [0, 0.1) is 14.9 Å². The molecule has 3 aromatic carbocycles. The summed E-state index contributed by atoms with van der Waals surface area (Å²) in [6.45, 7) is 0.337. The second-order valence-electron chi connectivity index (χ2n) is 7.11. The maximum atomic E-state index is 12.7. The molecule has 0 saturated carbocycles. The van der Waals surface area contributed by atoms with Gasteiger partial charge in [0.05, 0.1) is 23.4 Å². The molecule has 178 valence electrons. The zero-order chi connectivity index (χ0) is 25.4. The molecule has 1 amide bonds. The highest BCUT2D eigenvalue weighted by molar-refractivity contribution is 14.1. The number of hydrogen-bond donors (Lipinski definition) is 1. The van der Waals surface area contributed by atoms with Crippen molar-refractivity contribution >= 4 is 62.2 Å². The van der Waals surface area contributed by atoms with Crippen molar-refractivity contribution in [2.24, 2.45) is 0 Å². The maximum Gasteiger partial charge on any atom is 0.337 e. The highest BCUT2D eigenvalue weighted by atomic mass is 127. The Hall–Kier alpha value is -3.36. The summed E-state index contributed by atoms with van der Waals surface area (Å²) in [6.07, 6.45) is 1.47. The third-order valence-corrected chi connectivity index (χ3v) is 6.40. The van der Waals surface area contributed by atoms with Gasteiger partial charge in [0.25, 0.3) is 5.91 Å². The topological polar surface area (TPSA) is 97.7 Å². The van der Waals surface area contributed by atoms with Crippen LogP contribution in [0.25, 0.3) is 6.08 Å². The third kappa shape index (κ3) is 6.83. The van der Waals surface area contributed by atoms with Crippen molar-refractivity contribution in [3.8, 4) is 17.6 Å². The average Bonchev–Trinajstić information content (AvgIpc) is 2.87. The van der Waals surface area contributed by atoms with Crippen molar-refractivity contribution in [3.63, 3.8) is 0 Å². The maximum absolute atomic E-state index is 12.7. The van der Waals surface area contributed by atoms with Crippen LogP contribution < -0.4 is 14.8 Å². The second-order valence-corrected chi connectivity index (χ2v) is 9.12. The van der Waals surface area contributed by atoms with Gasteiger partial charge in [-0.05, 0) is 76.7 Å². The van der Waals surface area contributed by atoms with Gasteiger partial charge in [0.2, 0.25) is 0 Å². The van der Waals surface area contributed by atoms with Crippen molar-refractivity contribution < 1.29 is 23.8 Å². The summed E-state index contributed by atoms with van der Waals surface area (Å²) < 4.78 is 17.9. The Kier molecular flexibility index (Phi) is 9.28. The van der Waals surface area contributed by atoms with Gasteiger partial charge in [-0.1, -0.05) is 34.1 Å². The van der Waals surface area contributed by atoms with Crippen molar-refractivity contribution in [1.29, 1.82) is 5.26 Å². The molecule has 1 N–H and O–H groups in total. The molecule has 0 aromatic heterocycles. The molecule has 0 unspecified atom stereocenters. The van der Waals surface area contributed by atoms with Crippen molar-refractivity contribution in [1.82, 2.24) is 0 Å². The van der Waals surface area contributed by atoms with Crippen LogP contribution in [0.5, 0.6) is 11.5 Å². The van der Waals surface area contributed by atoms with E-state index in [1.165, 1.54) is 32.4 Å². The first-order chi connectivity index (χ1) is 16.9. The summed E-state index contributed by atoms with van der Waals surface area (Å²) in [6, 6.07) is 19.4. The van der Waals surface area contributed by atoms with E-state index in [1.807, 2.05) is 30.3 Å². The van der Waals surface area contributed by atoms with Crippen LogP contribution in [-0.4, -0.2) is 26.1 Å². The van der Waals surface area contributed by atoms with Crippen LogP contribution in [0.15, 0.2) is 70.7 Å². The van der Waals surface area contributed by atoms with E-state index in [0.29, 0.717) is 34.9 Å². The fraction of sp³-hybridized carbons (Fsp3) is 0.115. The lowest BCUT2D eigenvalue weighted by atomic mass is 10.1. The molecule has 0 aliphatic rings. The van der Waals surface area contributed by atoms with Gasteiger partial charge in [0, 0.05) is 15.7 Å². The van der Waals surface area contributed by atoms with Crippen LogP contribution in [0.2, 0.25) is 0 Å². The van der Waals surface area contributed by atoms with Gasteiger partial charge in [-0.3, -0.25) is 4.79 Å². The normalized spacial score (nSPS) is 10.8. The van der Waals surface area contributed by atoms with Crippen molar-refractivity contribution in [3.05, 3.63) is 91.0 Å². The molecule has 0 heterocycles. The number of nitrogens with one attached hydrogen (secondary N) is 1. The lowest BCUT2D eigenvalue weighted by Crippen LogP contribution is -2.13. The first-order valence-electron chi connectivity index (χ1n) is 10.2. The Balaban J connectivity index is 1.79. The van der Waals surface area contributed by atoms with Crippen LogP contribution in [0.1, 0.15) is 21.5 Å². The predicted octanol–water partition coefficient (Wildman–Crippen LogP) is 5.97. The lowest BCUT2D eigenvalue weighted by Gasteiger charge is -2.14. The van der Waals surface area contributed by atoms with E-state index >= 15 is 0 Å². The first-order valence-corrected chi connectivity index (χ1v) is 12.1. The predicted molar refractivity (Wildman–Crippen MR) is 144 cm³/mol. The Labute approximate surface area is 225 Å². The fourth-order valence-electron chi connectivity index (χ4n) is 3.05. The molecule has 0 atom stereocenters. The number of nitriles is 1. The van der Waals surface area contributed by atoms with Gasteiger partial charge < -0.3 is 19.5 Å². The van der Waals surface area contributed by atoms with Crippen molar-refractivity contribution in [2.75, 3.05) is 19.5 Å². The summed E-state index contributed by atoms with van der Waals surface area (Å²) in [7, 11) is 2.82.